The molecule has 2 aromatic rings. The van der Waals surface area contributed by atoms with Crippen LogP contribution < -0.4 is 5.32 Å². The number of imidazole rings is 1. The number of hydrogen-bond acceptors (Lipinski definition) is 2. The maximum Gasteiger partial charge on any atom is 0.0946 e. The zero-order chi connectivity index (χ0) is 13.8. The van der Waals surface area contributed by atoms with E-state index in [1.807, 2.05) is 37.1 Å². The number of nitrogens with zero attached hydrogens (tertiary/aromatic N) is 2. The van der Waals surface area contributed by atoms with Crippen molar-refractivity contribution in [1.29, 1.82) is 0 Å². The number of aryl methyl sites for hydroxylation is 2. The minimum atomic E-state index is 0.130. The van der Waals surface area contributed by atoms with Gasteiger partial charge in [0.1, 0.15) is 0 Å². The van der Waals surface area contributed by atoms with Crippen molar-refractivity contribution < 1.29 is 0 Å². The molecule has 0 saturated carbocycles. The summed E-state index contributed by atoms with van der Waals surface area (Å²) in [6.07, 6.45) is 4.82. The second-order valence-electron chi connectivity index (χ2n) is 4.83. The van der Waals surface area contributed by atoms with Crippen molar-refractivity contribution in [3.63, 3.8) is 0 Å². The molecule has 1 atom stereocenters. The fourth-order valence-corrected chi connectivity index (χ4v) is 2.31. The van der Waals surface area contributed by atoms with Gasteiger partial charge in [0.2, 0.25) is 0 Å². The highest BCUT2D eigenvalue weighted by atomic mass is 35.5. The summed E-state index contributed by atoms with van der Waals surface area (Å²) in [5.41, 5.74) is 3.42. The second-order valence-corrected chi connectivity index (χ2v) is 5.23. The average Bonchev–Trinajstić information content (AvgIpc) is 2.80. The van der Waals surface area contributed by atoms with Crippen molar-refractivity contribution in [2.45, 2.75) is 26.3 Å². The van der Waals surface area contributed by atoms with Crippen molar-refractivity contribution in [3.8, 4) is 0 Å². The molecule has 102 valence electrons. The molecule has 2 rings (SSSR count). The van der Waals surface area contributed by atoms with Gasteiger partial charge in [-0.2, -0.15) is 0 Å². The van der Waals surface area contributed by atoms with Crippen molar-refractivity contribution in [1.82, 2.24) is 14.9 Å². The van der Waals surface area contributed by atoms with Crippen molar-refractivity contribution >= 4 is 11.6 Å². The Balaban J connectivity index is 2.37. The lowest BCUT2D eigenvalue weighted by molar-refractivity contribution is 0.569. The highest BCUT2D eigenvalue weighted by Gasteiger charge is 2.17. The van der Waals surface area contributed by atoms with Crippen LogP contribution in [0.3, 0.4) is 0 Å². The molecule has 3 nitrogen and oxygen atoms in total. The van der Waals surface area contributed by atoms with E-state index in [1.54, 1.807) is 0 Å². The van der Waals surface area contributed by atoms with Gasteiger partial charge in [0, 0.05) is 12.1 Å². The van der Waals surface area contributed by atoms with E-state index in [9.17, 15) is 0 Å². The van der Waals surface area contributed by atoms with Crippen LogP contribution in [0.25, 0.3) is 0 Å². The zero-order valence-corrected chi connectivity index (χ0v) is 12.4. The first kappa shape index (κ1) is 14.1. The minimum absolute atomic E-state index is 0.130. The summed E-state index contributed by atoms with van der Waals surface area (Å²) in [6.45, 7) is 5.14. The van der Waals surface area contributed by atoms with Crippen LogP contribution in [-0.2, 0) is 7.05 Å². The smallest absolute Gasteiger partial charge is 0.0946 e. The molecule has 0 spiro atoms. The topological polar surface area (TPSA) is 29.9 Å². The third kappa shape index (κ3) is 3.17. The normalized spacial score (nSPS) is 12.6. The summed E-state index contributed by atoms with van der Waals surface area (Å²) in [6, 6.07) is 6.36. The molecule has 1 aromatic heterocycles. The van der Waals surface area contributed by atoms with Gasteiger partial charge in [0.05, 0.1) is 24.3 Å². The summed E-state index contributed by atoms with van der Waals surface area (Å²) < 4.78 is 2.04. The molecule has 0 radical (unpaired) electrons. The predicted octanol–water partition coefficient (Wildman–Crippen LogP) is 3.47. The molecule has 1 heterocycles. The molecule has 0 fully saturated rings. The highest BCUT2D eigenvalue weighted by molar-refractivity contribution is 6.31. The first-order valence-electron chi connectivity index (χ1n) is 6.59. The van der Waals surface area contributed by atoms with Gasteiger partial charge in [-0.15, -0.1) is 0 Å². The average molecular weight is 278 g/mol. The first-order chi connectivity index (χ1) is 9.13. The van der Waals surface area contributed by atoms with E-state index in [4.69, 9.17) is 11.6 Å². The number of benzene rings is 1. The Morgan fingerprint density at radius 2 is 2.21 bits per heavy atom. The maximum atomic E-state index is 6.24. The molecule has 0 aliphatic heterocycles. The number of hydrogen-bond donors (Lipinski definition) is 1. The molecular weight excluding hydrogens is 258 g/mol. The van der Waals surface area contributed by atoms with Gasteiger partial charge in [0.15, 0.2) is 0 Å². The number of nitrogens with one attached hydrogen (secondary N) is 1. The monoisotopic (exact) mass is 277 g/mol. The second kappa shape index (κ2) is 6.22. The van der Waals surface area contributed by atoms with Gasteiger partial charge < -0.3 is 9.88 Å². The molecule has 0 amide bonds. The van der Waals surface area contributed by atoms with E-state index in [0.717, 1.165) is 29.2 Å². The fraction of sp³-hybridized carbons (Fsp3) is 0.400. The molecule has 0 saturated heterocycles. The highest BCUT2D eigenvalue weighted by Crippen LogP contribution is 2.25. The molecule has 0 aliphatic carbocycles. The SMILES string of the molecule is CCCNC(c1ccc(C)c(Cl)c1)c1cncn1C. The maximum absolute atomic E-state index is 6.24. The van der Waals surface area contributed by atoms with Crippen LogP contribution >= 0.6 is 11.6 Å². The Bertz CT molecular complexity index is 548. The van der Waals surface area contributed by atoms with E-state index in [1.165, 1.54) is 5.56 Å². The van der Waals surface area contributed by atoms with Crippen molar-refractivity contribution in [2.24, 2.45) is 7.05 Å². The largest absolute Gasteiger partial charge is 0.336 e. The Kier molecular flexibility index (Phi) is 4.61. The van der Waals surface area contributed by atoms with Gasteiger partial charge in [-0.1, -0.05) is 30.7 Å². The Hall–Kier alpha value is -1.32. The zero-order valence-electron chi connectivity index (χ0n) is 11.7. The van der Waals surface area contributed by atoms with E-state index >= 15 is 0 Å². The molecule has 1 N–H and O–H groups in total. The summed E-state index contributed by atoms with van der Waals surface area (Å²) in [5.74, 6) is 0. The van der Waals surface area contributed by atoms with Crippen LogP contribution in [0.1, 0.15) is 36.2 Å². The molecule has 19 heavy (non-hydrogen) atoms. The van der Waals surface area contributed by atoms with E-state index in [2.05, 4.69) is 29.4 Å². The summed E-state index contributed by atoms with van der Waals surface area (Å²) >= 11 is 6.24. The molecule has 4 heteroatoms. The van der Waals surface area contributed by atoms with Crippen LogP contribution in [0.5, 0.6) is 0 Å². The lowest BCUT2D eigenvalue weighted by Gasteiger charge is -2.20. The van der Waals surface area contributed by atoms with Crippen LogP contribution in [0, 0.1) is 6.92 Å². The minimum Gasteiger partial charge on any atom is -0.336 e. The third-order valence-corrected chi connectivity index (χ3v) is 3.68. The lowest BCUT2D eigenvalue weighted by Crippen LogP contribution is -2.25. The molecule has 0 bridgehead atoms. The number of rotatable bonds is 5. The summed E-state index contributed by atoms with van der Waals surface area (Å²) in [5, 5.41) is 4.36. The van der Waals surface area contributed by atoms with Crippen LogP contribution in [-0.4, -0.2) is 16.1 Å². The molecule has 1 unspecified atom stereocenters. The lowest BCUT2D eigenvalue weighted by atomic mass is 10.0. The molecule has 1 aromatic carbocycles. The first-order valence-corrected chi connectivity index (χ1v) is 6.97. The van der Waals surface area contributed by atoms with Crippen molar-refractivity contribution in [3.05, 3.63) is 52.6 Å². The van der Waals surface area contributed by atoms with Gasteiger partial charge in [-0.3, -0.25) is 0 Å². The fourth-order valence-electron chi connectivity index (χ4n) is 2.12. The van der Waals surface area contributed by atoms with E-state index < -0.39 is 0 Å². The van der Waals surface area contributed by atoms with E-state index in [-0.39, 0.29) is 6.04 Å². The van der Waals surface area contributed by atoms with Gasteiger partial charge in [0.25, 0.3) is 0 Å². The Morgan fingerprint density at radius 1 is 1.42 bits per heavy atom. The quantitative estimate of drug-likeness (QED) is 0.907. The van der Waals surface area contributed by atoms with Crippen LogP contribution in [0.2, 0.25) is 5.02 Å². The molecule has 0 aliphatic rings. The third-order valence-electron chi connectivity index (χ3n) is 3.28. The van der Waals surface area contributed by atoms with E-state index in [0.29, 0.717) is 0 Å². The van der Waals surface area contributed by atoms with Gasteiger partial charge in [-0.25, -0.2) is 4.98 Å². The van der Waals surface area contributed by atoms with Gasteiger partial charge in [-0.05, 0) is 37.1 Å². The van der Waals surface area contributed by atoms with Crippen LogP contribution in [0.15, 0.2) is 30.7 Å². The van der Waals surface area contributed by atoms with Crippen LogP contribution in [0.4, 0.5) is 0 Å². The number of aromatic nitrogens is 2. The summed E-state index contributed by atoms with van der Waals surface area (Å²) in [7, 11) is 2.01. The van der Waals surface area contributed by atoms with Gasteiger partial charge >= 0.3 is 0 Å². The van der Waals surface area contributed by atoms with Crippen molar-refractivity contribution in [2.75, 3.05) is 6.54 Å². The predicted molar refractivity (Wildman–Crippen MR) is 79.5 cm³/mol. The Morgan fingerprint density at radius 3 is 2.79 bits per heavy atom. The standard InChI is InChI=1S/C15H20ClN3/c1-4-7-18-15(14-9-17-10-19(14)3)12-6-5-11(2)13(16)8-12/h5-6,8-10,15,18H,4,7H2,1-3H3. The molecular formula is C15H20ClN3. The Labute approximate surface area is 119 Å². The number of halogens is 1. The summed E-state index contributed by atoms with van der Waals surface area (Å²) in [4.78, 5) is 4.21.